The summed E-state index contributed by atoms with van der Waals surface area (Å²) in [4.78, 5) is 54.3. The van der Waals surface area contributed by atoms with Crippen LogP contribution in [-0.2, 0) is 27.1 Å². The number of alkyl halides is 3. The summed E-state index contributed by atoms with van der Waals surface area (Å²) in [6, 6.07) is 16.3. The maximum absolute atomic E-state index is 13.7. The molecule has 204 valence electrons. The Morgan fingerprint density at radius 3 is 2.38 bits per heavy atom. The van der Waals surface area contributed by atoms with Gasteiger partial charge in [0.15, 0.2) is 0 Å². The summed E-state index contributed by atoms with van der Waals surface area (Å²) in [6.07, 6.45) is -3.27. The van der Waals surface area contributed by atoms with Gasteiger partial charge >= 0.3 is 11.0 Å². The molecule has 1 fully saturated rings. The molecule has 2 aliphatic rings. The Hall–Kier alpha value is -4.10. The van der Waals surface area contributed by atoms with E-state index in [0.717, 1.165) is 44.7 Å². The number of aromatic nitrogens is 1. The highest BCUT2D eigenvalue weighted by atomic mass is 32.2. The van der Waals surface area contributed by atoms with Gasteiger partial charge in [0.05, 0.1) is 44.9 Å². The number of carbonyl (C=O) groups is 3. The van der Waals surface area contributed by atoms with E-state index in [0.29, 0.717) is 21.4 Å². The summed E-state index contributed by atoms with van der Waals surface area (Å²) in [5.41, 5.74) is -1.04. The number of nitrogens with one attached hydrogen (secondary N) is 1. The van der Waals surface area contributed by atoms with Crippen molar-refractivity contribution in [3.8, 4) is 0 Å². The summed E-state index contributed by atoms with van der Waals surface area (Å²) in [6.45, 7) is -0.587. The van der Waals surface area contributed by atoms with Gasteiger partial charge in [0.2, 0.25) is 17.7 Å². The van der Waals surface area contributed by atoms with E-state index < -0.39 is 63.7 Å². The first-order valence-electron chi connectivity index (χ1n) is 12.0. The molecule has 8 nitrogen and oxygen atoms in total. The molecule has 2 aliphatic heterocycles. The lowest BCUT2D eigenvalue weighted by Crippen LogP contribution is -2.32. The molecule has 0 unspecified atom stereocenters. The van der Waals surface area contributed by atoms with Crippen LogP contribution in [0.15, 0.2) is 87.2 Å². The average Bonchev–Trinajstić information content (AvgIpc) is 3.62. The third kappa shape index (κ3) is 4.34. The molecule has 0 aliphatic carbocycles. The van der Waals surface area contributed by atoms with Crippen molar-refractivity contribution in [3.05, 3.63) is 98.9 Å². The Balaban J connectivity index is 1.37. The van der Waals surface area contributed by atoms with E-state index in [1.165, 1.54) is 18.4 Å². The predicted octanol–water partition coefficient (Wildman–Crippen LogP) is 4.96. The van der Waals surface area contributed by atoms with Crippen LogP contribution in [0.1, 0.15) is 22.1 Å². The van der Waals surface area contributed by atoms with Gasteiger partial charge in [0.1, 0.15) is 17.6 Å². The second kappa shape index (κ2) is 9.82. The minimum absolute atomic E-state index is 0.299. The van der Waals surface area contributed by atoms with Crippen LogP contribution in [0.4, 0.5) is 24.5 Å². The number of thiazole rings is 1. The molecule has 13 heteroatoms. The summed E-state index contributed by atoms with van der Waals surface area (Å²) in [7, 11) is 0. The molecule has 6 rings (SSSR count). The van der Waals surface area contributed by atoms with Crippen LogP contribution in [0.3, 0.4) is 0 Å². The van der Waals surface area contributed by atoms with Crippen molar-refractivity contribution in [2.24, 2.45) is 5.92 Å². The van der Waals surface area contributed by atoms with Gasteiger partial charge in [0.25, 0.3) is 0 Å². The second-order valence-electron chi connectivity index (χ2n) is 9.12. The lowest BCUT2D eigenvalue weighted by Gasteiger charge is -2.29. The number of amides is 3. The number of carbonyl (C=O) groups excluding carboxylic acids is 3. The number of anilines is 2. The summed E-state index contributed by atoms with van der Waals surface area (Å²) < 4.78 is 47.0. The number of rotatable bonds is 5. The fourth-order valence-corrected chi connectivity index (χ4v) is 7.79. The highest BCUT2D eigenvalue weighted by Gasteiger charge is 2.57. The molecule has 1 saturated heterocycles. The number of thioether (sulfide) groups is 1. The number of nitrogens with zero attached hydrogens (tertiary/aromatic N) is 2. The maximum atomic E-state index is 13.7. The summed E-state index contributed by atoms with van der Waals surface area (Å²) >= 11 is 1.81. The average molecular weight is 586 g/mol. The summed E-state index contributed by atoms with van der Waals surface area (Å²) in [5.74, 6) is -3.01. The summed E-state index contributed by atoms with van der Waals surface area (Å²) in [5, 5.41) is 1.63. The fourth-order valence-electron chi connectivity index (χ4n) is 5.03. The molecule has 0 spiro atoms. The highest BCUT2D eigenvalue weighted by molar-refractivity contribution is 8.00. The molecular weight excluding hydrogens is 567 g/mol. The third-order valence-electron chi connectivity index (χ3n) is 6.72. The molecule has 40 heavy (non-hydrogen) atoms. The SMILES string of the molecule is O=C(Cn1c2c(sc1=O)[C@@H](c1ccco1)[C@@H]1C(=O)N(c3ccccc3)C(=O)[C@@H]1S2)Nc1ccccc1C(F)(F)F. The number of furan rings is 1. The molecule has 2 aromatic heterocycles. The first-order chi connectivity index (χ1) is 19.1. The number of imide groups is 1. The van der Waals surface area contributed by atoms with Crippen LogP contribution >= 0.6 is 23.1 Å². The Kier molecular flexibility index (Phi) is 6.42. The first kappa shape index (κ1) is 26.1. The van der Waals surface area contributed by atoms with Gasteiger partial charge < -0.3 is 9.73 Å². The zero-order chi connectivity index (χ0) is 28.2. The first-order valence-corrected chi connectivity index (χ1v) is 13.7. The normalized spacial score (nSPS) is 20.4. The second-order valence-corrected chi connectivity index (χ2v) is 11.2. The largest absolute Gasteiger partial charge is 0.469 e. The van der Waals surface area contributed by atoms with Crippen LogP contribution in [0, 0.1) is 5.92 Å². The van der Waals surface area contributed by atoms with E-state index in [-0.39, 0.29) is 0 Å². The van der Waals surface area contributed by atoms with Crippen molar-refractivity contribution in [1.82, 2.24) is 4.57 Å². The molecule has 4 heterocycles. The van der Waals surface area contributed by atoms with E-state index >= 15 is 0 Å². The standard InChI is InChI=1S/C27H18F3N3O5S2/c28-27(29,30)15-9-4-5-10-16(15)31-18(34)13-32-25-22(40-26(32)37)19(17-11-6-12-38-17)20-21(39-25)24(36)33(23(20)35)14-7-2-1-3-8-14/h1-12,19-21H,13H2,(H,31,34)/t19-,20-,21+/m0/s1. The Morgan fingerprint density at radius 1 is 0.950 bits per heavy atom. The number of fused-ring (bicyclic) bond motifs is 2. The van der Waals surface area contributed by atoms with E-state index in [9.17, 15) is 32.3 Å². The van der Waals surface area contributed by atoms with Crippen LogP contribution in [0.2, 0.25) is 0 Å². The van der Waals surface area contributed by atoms with Crippen LogP contribution < -0.4 is 15.1 Å². The van der Waals surface area contributed by atoms with Crippen LogP contribution in [-0.4, -0.2) is 27.5 Å². The van der Waals surface area contributed by atoms with Gasteiger partial charge in [-0.2, -0.15) is 13.2 Å². The molecule has 3 amide bonds. The van der Waals surface area contributed by atoms with E-state index in [2.05, 4.69) is 5.32 Å². The van der Waals surface area contributed by atoms with Crippen LogP contribution in [0.5, 0.6) is 0 Å². The molecule has 4 aromatic rings. The molecule has 0 radical (unpaired) electrons. The Morgan fingerprint density at radius 2 is 1.68 bits per heavy atom. The lowest BCUT2D eigenvalue weighted by atomic mass is 9.87. The van der Waals surface area contributed by atoms with E-state index in [1.54, 1.807) is 42.5 Å². The number of halogens is 3. The van der Waals surface area contributed by atoms with Gasteiger partial charge in [-0.05, 0) is 36.4 Å². The zero-order valence-electron chi connectivity index (χ0n) is 20.3. The minimum Gasteiger partial charge on any atom is -0.469 e. The number of para-hydroxylation sites is 2. The zero-order valence-corrected chi connectivity index (χ0v) is 21.9. The van der Waals surface area contributed by atoms with Crippen LogP contribution in [0.25, 0.3) is 0 Å². The molecular formula is C27H18F3N3O5S2. The molecule has 0 bridgehead atoms. The van der Waals surface area contributed by atoms with Gasteiger partial charge in [-0.15, -0.1) is 0 Å². The third-order valence-corrected chi connectivity index (χ3v) is 9.33. The van der Waals surface area contributed by atoms with Crippen molar-refractivity contribution in [2.45, 2.75) is 28.9 Å². The van der Waals surface area contributed by atoms with E-state index in [4.69, 9.17) is 4.42 Å². The Labute approximate surface area is 232 Å². The molecule has 3 atom stereocenters. The van der Waals surface area contributed by atoms with Crippen molar-refractivity contribution in [1.29, 1.82) is 0 Å². The van der Waals surface area contributed by atoms with Gasteiger partial charge in [-0.25, -0.2) is 4.90 Å². The molecule has 2 aromatic carbocycles. The highest BCUT2D eigenvalue weighted by Crippen LogP contribution is 2.53. The smallest absolute Gasteiger partial charge is 0.418 e. The quantitative estimate of drug-likeness (QED) is 0.333. The minimum atomic E-state index is -4.69. The van der Waals surface area contributed by atoms with Crippen molar-refractivity contribution in [2.75, 3.05) is 10.2 Å². The van der Waals surface area contributed by atoms with Crippen molar-refractivity contribution < 1.29 is 32.0 Å². The molecule has 0 saturated carbocycles. The maximum Gasteiger partial charge on any atom is 0.418 e. The van der Waals surface area contributed by atoms with Gasteiger partial charge in [-0.3, -0.25) is 23.7 Å². The van der Waals surface area contributed by atoms with Gasteiger partial charge in [0, 0.05) is 0 Å². The Bertz CT molecular complexity index is 1680. The van der Waals surface area contributed by atoms with Crippen molar-refractivity contribution >= 4 is 52.2 Å². The van der Waals surface area contributed by atoms with E-state index in [1.807, 2.05) is 0 Å². The van der Waals surface area contributed by atoms with Gasteiger partial charge in [-0.1, -0.05) is 53.4 Å². The van der Waals surface area contributed by atoms with Crippen molar-refractivity contribution in [3.63, 3.8) is 0 Å². The topological polar surface area (TPSA) is 102 Å². The number of hydrogen-bond donors (Lipinski definition) is 1. The molecule has 1 N–H and O–H groups in total. The predicted molar refractivity (Wildman–Crippen MR) is 141 cm³/mol. The number of hydrogen-bond acceptors (Lipinski definition) is 7. The number of benzene rings is 2. The fraction of sp³-hybridized carbons (Fsp3) is 0.185. The monoisotopic (exact) mass is 585 g/mol. The lowest BCUT2D eigenvalue weighted by molar-refractivity contribution is -0.137.